The summed E-state index contributed by atoms with van der Waals surface area (Å²) in [6, 6.07) is 0.386. The number of nitrogens with two attached hydrogens (primary N) is 1. The zero-order chi connectivity index (χ0) is 10.4. The Morgan fingerprint density at radius 2 is 2.07 bits per heavy atom. The molecule has 2 atom stereocenters. The van der Waals surface area contributed by atoms with Crippen LogP contribution >= 0.6 is 0 Å². The average molecular weight is 200 g/mol. The van der Waals surface area contributed by atoms with E-state index in [-0.39, 0.29) is 6.61 Å². The van der Waals surface area contributed by atoms with Crippen molar-refractivity contribution in [1.29, 1.82) is 0 Å². The molecule has 0 amide bonds. The van der Waals surface area contributed by atoms with Crippen LogP contribution in [-0.2, 0) is 0 Å². The Balaban J connectivity index is 2.31. The molecule has 0 radical (unpaired) electrons. The van der Waals surface area contributed by atoms with Crippen molar-refractivity contribution >= 4 is 0 Å². The maximum atomic E-state index is 8.89. The summed E-state index contributed by atoms with van der Waals surface area (Å²) < 4.78 is 0. The van der Waals surface area contributed by atoms with Crippen LogP contribution in [0.1, 0.15) is 32.6 Å². The SMILES string of the molecule is CCN(CCO)CC1CCCCC1N. The van der Waals surface area contributed by atoms with Crippen LogP contribution in [0.15, 0.2) is 0 Å². The van der Waals surface area contributed by atoms with E-state index in [2.05, 4.69) is 11.8 Å². The zero-order valence-corrected chi connectivity index (χ0v) is 9.28. The minimum atomic E-state index is 0.260. The Bertz CT molecular complexity index is 152. The Hall–Kier alpha value is -0.120. The predicted octanol–water partition coefficient (Wildman–Crippen LogP) is 0.818. The molecule has 14 heavy (non-hydrogen) atoms. The molecular weight excluding hydrogens is 176 g/mol. The first kappa shape index (κ1) is 12.0. The Morgan fingerprint density at radius 3 is 2.64 bits per heavy atom. The van der Waals surface area contributed by atoms with Crippen LogP contribution in [0.3, 0.4) is 0 Å². The van der Waals surface area contributed by atoms with Gasteiger partial charge in [0.2, 0.25) is 0 Å². The number of likely N-dealkylation sites (N-methyl/N-ethyl adjacent to an activating group) is 1. The number of aliphatic hydroxyl groups excluding tert-OH is 1. The lowest BCUT2D eigenvalue weighted by molar-refractivity contribution is 0.156. The van der Waals surface area contributed by atoms with Gasteiger partial charge in [0.25, 0.3) is 0 Å². The Labute approximate surface area is 87.3 Å². The molecule has 0 aromatic heterocycles. The number of nitrogens with zero attached hydrogens (tertiary/aromatic N) is 1. The number of hydrogen-bond acceptors (Lipinski definition) is 3. The highest BCUT2D eigenvalue weighted by molar-refractivity contribution is 4.80. The lowest BCUT2D eigenvalue weighted by Crippen LogP contribution is -2.42. The van der Waals surface area contributed by atoms with E-state index >= 15 is 0 Å². The summed E-state index contributed by atoms with van der Waals surface area (Å²) in [6.07, 6.45) is 5.07. The van der Waals surface area contributed by atoms with Crippen LogP contribution in [0.5, 0.6) is 0 Å². The highest BCUT2D eigenvalue weighted by Gasteiger charge is 2.23. The lowest BCUT2D eigenvalue weighted by Gasteiger charge is -2.32. The molecule has 0 aliphatic heterocycles. The third-order valence-electron chi connectivity index (χ3n) is 3.32. The minimum Gasteiger partial charge on any atom is -0.395 e. The normalized spacial score (nSPS) is 28.3. The average Bonchev–Trinajstić information content (AvgIpc) is 2.20. The third-order valence-corrected chi connectivity index (χ3v) is 3.32. The fourth-order valence-electron chi connectivity index (χ4n) is 2.31. The first-order chi connectivity index (χ1) is 6.77. The van der Waals surface area contributed by atoms with Gasteiger partial charge in [0.1, 0.15) is 0 Å². The highest BCUT2D eigenvalue weighted by Crippen LogP contribution is 2.23. The van der Waals surface area contributed by atoms with Crippen LogP contribution in [0, 0.1) is 5.92 Å². The number of hydrogen-bond donors (Lipinski definition) is 2. The van der Waals surface area contributed by atoms with Crippen LogP contribution in [0.2, 0.25) is 0 Å². The molecule has 1 aliphatic rings. The first-order valence-electron chi connectivity index (χ1n) is 5.86. The topological polar surface area (TPSA) is 49.5 Å². The number of rotatable bonds is 5. The molecule has 0 aromatic carbocycles. The van der Waals surface area contributed by atoms with Crippen LogP contribution in [-0.4, -0.2) is 42.3 Å². The maximum Gasteiger partial charge on any atom is 0.0558 e. The van der Waals surface area contributed by atoms with Crippen molar-refractivity contribution < 1.29 is 5.11 Å². The first-order valence-corrected chi connectivity index (χ1v) is 5.86. The molecule has 0 bridgehead atoms. The van der Waals surface area contributed by atoms with Gasteiger partial charge in [0.05, 0.1) is 6.61 Å². The highest BCUT2D eigenvalue weighted by atomic mass is 16.3. The Morgan fingerprint density at radius 1 is 1.36 bits per heavy atom. The lowest BCUT2D eigenvalue weighted by atomic mass is 9.85. The minimum absolute atomic E-state index is 0.260. The molecule has 0 saturated heterocycles. The van der Waals surface area contributed by atoms with Crippen LogP contribution < -0.4 is 5.73 Å². The molecule has 84 valence electrons. The van der Waals surface area contributed by atoms with E-state index < -0.39 is 0 Å². The molecule has 3 N–H and O–H groups in total. The van der Waals surface area contributed by atoms with Crippen molar-refractivity contribution in [3.8, 4) is 0 Å². The van der Waals surface area contributed by atoms with Crippen molar-refractivity contribution in [1.82, 2.24) is 4.90 Å². The van der Waals surface area contributed by atoms with Crippen molar-refractivity contribution in [2.24, 2.45) is 11.7 Å². The van der Waals surface area contributed by atoms with E-state index in [1.165, 1.54) is 25.7 Å². The van der Waals surface area contributed by atoms with Gasteiger partial charge in [0.15, 0.2) is 0 Å². The molecule has 3 heteroatoms. The predicted molar refractivity (Wildman–Crippen MR) is 59.1 cm³/mol. The quantitative estimate of drug-likeness (QED) is 0.691. The van der Waals surface area contributed by atoms with Gasteiger partial charge in [-0.1, -0.05) is 19.8 Å². The molecular formula is C11H24N2O. The molecule has 3 nitrogen and oxygen atoms in total. The largest absolute Gasteiger partial charge is 0.395 e. The molecule has 1 saturated carbocycles. The van der Waals surface area contributed by atoms with E-state index in [1.807, 2.05) is 0 Å². The van der Waals surface area contributed by atoms with Gasteiger partial charge in [0, 0.05) is 19.1 Å². The van der Waals surface area contributed by atoms with E-state index in [1.54, 1.807) is 0 Å². The van der Waals surface area contributed by atoms with E-state index in [9.17, 15) is 0 Å². The summed E-state index contributed by atoms with van der Waals surface area (Å²) in [5.74, 6) is 0.648. The summed E-state index contributed by atoms with van der Waals surface area (Å²) >= 11 is 0. The van der Waals surface area contributed by atoms with E-state index in [0.29, 0.717) is 12.0 Å². The smallest absolute Gasteiger partial charge is 0.0558 e. The second-order valence-corrected chi connectivity index (χ2v) is 4.33. The molecule has 0 spiro atoms. The van der Waals surface area contributed by atoms with Gasteiger partial charge >= 0.3 is 0 Å². The van der Waals surface area contributed by atoms with Gasteiger partial charge in [-0.2, -0.15) is 0 Å². The van der Waals surface area contributed by atoms with Crippen LogP contribution in [0.4, 0.5) is 0 Å². The summed E-state index contributed by atoms with van der Waals surface area (Å²) in [4.78, 5) is 2.30. The van der Waals surface area contributed by atoms with E-state index in [4.69, 9.17) is 10.8 Å². The number of aliphatic hydroxyl groups is 1. The second-order valence-electron chi connectivity index (χ2n) is 4.33. The molecule has 1 aliphatic carbocycles. The maximum absolute atomic E-state index is 8.89. The fraction of sp³-hybridized carbons (Fsp3) is 1.00. The van der Waals surface area contributed by atoms with Gasteiger partial charge in [-0.05, 0) is 25.3 Å². The van der Waals surface area contributed by atoms with Crippen molar-refractivity contribution in [2.45, 2.75) is 38.6 Å². The molecule has 1 rings (SSSR count). The van der Waals surface area contributed by atoms with Crippen molar-refractivity contribution in [2.75, 3.05) is 26.2 Å². The summed E-state index contributed by atoms with van der Waals surface area (Å²) in [5, 5.41) is 8.89. The second kappa shape index (κ2) is 6.38. The van der Waals surface area contributed by atoms with Gasteiger partial charge < -0.3 is 15.7 Å². The fourth-order valence-corrected chi connectivity index (χ4v) is 2.31. The summed E-state index contributed by atoms with van der Waals surface area (Å²) in [5.41, 5.74) is 6.09. The molecule has 1 fully saturated rings. The van der Waals surface area contributed by atoms with Gasteiger partial charge in [-0.15, -0.1) is 0 Å². The van der Waals surface area contributed by atoms with E-state index in [0.717, 1.165) is 19.6 Å². The van der Waals surface area contributed by atoms with Gasteiger partial charge in [-0.3, -0.25) is 0 Å². The molecule has 2 unspecified atom stereocenters. The zero-order valence-electron chi connectivity index (χ0n) is 9.28. The Kier molecular flexibility index (Phi) is 5.45. The third kappa shape index (κ3) is 3.56. The summed E-state index contributed by atoms with van der Waals surface area (Å²) in [7, 11) is 0. The van der Waals surface area contributed by atoms with Crippen molar-refractivity contribution in [3.63, 3.8) is 0 Å². The van der Waals surface area contributed by atoms with Gasteiger partial charge in [-0.25, -0.2) is 0 Å². The standard InChI is InChI=1S/C11H24N2O/c1-2-13(7-8-14)9-10-5-3-4-6-11(10)12/h10-11,14H,2-9,12H2,1H3. The van der Waals surface area contributed by atoms with Crippen molar-refractivity contribution in [3.05, 3.63) is 0 Å². The molecule has 0 heterocycles. The summed E-state index contributed by atoms with van der Waals surface area (Å²) in [6.45, 7) is 5.28. The monoisotopic (exact) mass is 200 g/mol. The van der Waals surface area contributed by atoms with Crippen LogP contribution in [0.25, 0.3) is 0 Å². The molecule has 0 aromatic rings.